The molecule has 1 heterocycles. The van der Waals surface area contributed by atoms with Crippen molar-refractivity contribution in [2.75, 3.05) is 11.9 Å². The summed E-state index contributed by atoms with van der Waals surface area (Å²) in [4.78, 5) is 13.3. The number of nitriles is 1. The van der Waals surface area contributed by atoms with Crippen molar-refractivity contribution in [3.63, 3.8) is 0 Å². The highest BCUT2D eigenvalue weighted by Crippen LogP contribution is 2.23. The van der Waals surface area contributed by atoms with Crippen molar-refractivity contribution >= 4 is 24.4 Å². The summed E-state index contributed by atoms with van der Waals surface area (Å²) >= 11 is 4.17. The van der Waals surface area contributed by atoms with Gasteiger partial charge in [-0.1, -0.05) is 61.5 Å². The van der Waals surface area contributed by atoms with Crippen LogP contribution in [0.5, 0.6) is 0 Å². The van der Waals surface area contributed by atoms with E-state index >= 15 is 0 Å². The van der Waals surface area contributed by atoms with Gasteiger partial charge >= 0.3 is 0 Å². The molecule has 2 unspecified atom stereocenters. The number of rotatable bonds is 8. The molecule has 0 radical (unpaired) electrons. The van der Waals surface area contributed by atoms with Crippen molar-refractivity contribution in [2.24, 2.45) is 0 Å². The number of amides is 1. The molecule has 1 amide bonds. The lowest BCUT2D eigenvalue weighted by molar-refractivity contribution is -0.118. The Hall–Kier alpha value is -3.86. The van der Waals surface area contributed by atoms with Gasteiger partial charge in [0.2, 0.25) is 5.91 Å². The van der Waals surface area contributed by atoms with E-state index in [9.17, 15) is 4.79 Å². The summed E-state index contributed by atoms with van der Waals surface area (Å²) < 4.78 is 1.46. The molecule has 0 aliphatic carbocycles. The van der Waals surface area contributed by atoms with Crippen molar-refractivity contribution < 1.29 is 4.79 Å². The molecule has 0 bridgehead atoms. The predicted molar refractivity (Wildman–Crippen MR) is 137 cm³/mol. The van der Waals surface area contributed by atoms with Gasteiger partial charge < -0.3 is 10.6 Å². The molecule has 34 heavy (non-hydrogen) atoms. The molecule has 0 saturated carbocycles. The maximum Gasteiger partial charge on any atom is 0.246 e. The Morgan fingerprint density at radius 3 is 2.32 bits per heavy atom. The molecule has 0 spiro atoms. The molecule has 6 nitrogen and oxygen atoms in total. The molecule has 1 aromatic heterocycles. The molecular formula is C27H25N5OS. The van der Waals surface area contributed by atoms with Crippen molar-refractivity contribution in [3.8, 4) is 17.2 Å². The number of anilines is 1. The first-order valence-electron chi connectivity index (χ1n) is 11.0. The molecule has 0 aliphatic heterocycles. The van der Waals surface area contributed by atoms with Crippen LogP contribution in [0.2, 0.25) is 0 Å². The molecule has 0 saturated heterocycles. The normalized spacial score (nSPS) is 12.5. The second kappa shape index (κ2) is 10.8. The minimum atomic E-state index is -0.510. The van der Waals surface area contributed by atoms with Gasteiger partial charge in [0.05, 0.1) is 17.8 Å². The lowest BCUT2D eigenvalue weighted by atomic mass is 9.98. The van der Waals surface area contributed by atoms with Crippen LogP contribution in [-0.2, 0) is 4.79 Å². The van der Waals surface area contributed by atoms with E-state index in [1.165, 1.54) is 4.09 Å². The fourth-order valence-corrected chi connectivity index (χ4v) is 3.90. The molecule has 170 valence electrons. The molecule has 0 aliphatic rings. The molecule has 4 rings (SSSR count). The number of aromatic nitrogens is 2. The first-order valence-corrected chi connectivity index (χ1v) is 11.4. The van der Waals surface area contributed by atoms with E-state index in [1.807, 2.05) is 85.1 Å². The quantitative estimate of drug-likeness (QED) is 0.312. The smallest absolute Gasteiger partial charge is 0.246 e. The average molecular weight is 468 g/mol. The van der Waals surface area contributed by atoms with Crippen LogP contribution in [0.25, 0.3) is 11.1 Å². The predicted octanol–water partition coefficient (Wildman–Crippen LogP) is 5.19. The Labute approximate surface area is 204 Å². The summed E-state index contributed by atoms with van der Waals surface area (Å²) in [5, 5.41) is 19.5. The summed E-state index contributed by atoms with van der Waals surface area (Å²) in [6.07, 6.45) is 3.56. The summed E-state index contributed by atoms with van der Waals surface area (Å²) in [7, 11) is 0. The molecule has 2 atom stereocenters. The second-order valence-corrected chi connectivity index (χ2v) is 8.51. The van der Waals surface area contributed by atoms with E-state index in [2.05, 4.69) is 41.5 Å². The molecule has 7 heteroatoms. The molecule has 3 aromatic carbocycles. The van der Waals surface area contributed by atoms with E-state index in [0.29, 0.717) is 12.1 Å². The number of nitrogens with one attached hydrogen (secondary N) is 2. The van der Waals surface area contributed by atoms with Gasteiger partial charge in [0.1, 0.15) is 6.04 Å². The van der Waals surface area contributed by atoms with Gasteiger partial charge in [0, 0.05) is 24.0 Å². The Morgan fingerprint density at radius 1 is 1.00 bits per heavy atom. The third kappa shape index (κ3) is 5.73. The number of nitrogens with zero attached hydrogens (tertiary/aromatic N) is 3. The highest BCUT2D eigenvalue weighted by atomic mass is 32.1. The van der Waals surface area contributed by atoms with Crippen LogP contribution in [0.4, 0.5) is 5.69 Å². The van der Waals surface area contributed by atoms with E-state index in [0.717, 1.165) is 27.9 Å². The van der Waals surface area contributed by atoms with Gasteiger partial charge in [0.25, 0.3) is 0 Å². The minimum absolute atomic E-state index is 0.130. The monoisotopic (exact) mass is 467 g/mol. The molecule has 2 N–H and O–H groups in total. The van der Waals surface area contributed by atoms with E-state index in [4.69, 9.17) is 5.26 Å². The van der Waals surface area contributed by atoms with Crippen LogP contribution in [0.1, 0.15) is 35.6 Å². The van der Waals surface area contributed by atoms with Crippen LogP contribution in [0, 0.1) is 11.3 Å². The van der Waals surface area contributed by atoms with Gasteiger partial charge in [-0.3, -0.25) is 4.79 Å². The molecule has 4 aromatic rings. The maximum absolute atomic E-state index is 13.3. The topological polar surface area (TPSA) is 82.7 Å². The van der Waals surface area contributed by atoms with Gasteiger partial charge in [-0.15, -0.1) is 0 Å². The van der Waals surface area contributed by atoms with Crippen LogP contribution in [0.15, 0.2) is 91.3 Å². The number of benzene rings is 3. The van der Waals surface area contributed by atoms with Crippen LogP contribution in [-0.4, -0.2) is 21.6 Å². The largest absolute Gasteiger partial charge is 0.324 e. The minimum Gasteiger partial charge on any atom is -0.324 e. The summed E-state index contributed by atoms with van der Waals surface area (Å²) in [5.41, 5.74) is 5.30. The van der Waals surface area contributed by atoms with Crippen LogP contribution < -0.4 is 10.6 Å². The summed E-state index contributed by atoms with van der Waals surface area (Å²) in [6, 6.07) is 26.5. The number of thiol groups is 1. The maximum atomic E-state index is 13.3. The fraction of sp³-hybridized carbons (Fsp3) is 0.148. The Kier molecular flexibility index (Phi) is 7.43. The standard InChI is InChI=1S/C27H25N5OS/c1-19(21-9-7-20(15-28)8-10-21)16-29-26(23-5-3-2-4-6-23)27(33)31-25-13-11-22(12-14-25)24-17-30-32(34)18-24/h2-14,17-19,26,29,34H,16H2,1H3,(H,31,33). The highest BCUT2D eigenvalue weighted by molar-refractivity contribution is 7.78. The van der Waals surface area contributed by atoms with Gasteiger partial charge in [-0.25, -0.2) is 4.09 Å². The number of hydrogen-bond donors (Lipinski definition) is 3. The summed E-state index contributed by atoms with van der Waals surface area (Å²) in [5.74, 6) is 0.0351. The van der Waals surface area contributed by atoms with Gasteiger partial charge in [0.15, 0.2) is 0 Å². The summed E-state index contributed by atoms with van der Waals surface area (Å²) in [6.45, 7) is 2.70. The van der Waals surface area contributed by atoms with E-state index in [1.54, 1.807) is 6.20 Å². The van der Waals surface area contributed by atoms with Gasteiger partial charge in [-0.05, 0) is 59.7 Å². The first-order chi connectivity index (χ1) is 16.5. The van der Waals surface area contributed by atoms with Gasteiger partial charge in [-0.2, -0.15) is 10.4 Å². The zero-order chi connectivity index (χ0) is 23.9. The number of carbonyl (C=O) groups excluding carboxylic acids is 1. The highest BCUT2D eigenvalue weighted by Gasteiger charge is 2.21. The van der Waals surface area contributed by atoms with Crippen LogP contribution >= 0.6 is 12.8 Å². The second-order valence-electron chi connectivity index (χ2n) is 8.10. The zero-order valence-corrected chi connectivity index (χ0v) is 19.6. The van der Waals surface area contributed by atoms with Crippen LogP contribution in [0.3, 0.4) is 0 Å². The Bertz CT molecular complexity index is 1280. The average Bonchev–Trinajstić information content (AvgIpc) is 3.31. The van der Waals surface area contributed by atoms with E-state index < -0.39 is 6.04 Å². The number of hydrogen-bond acceptors (Lipinski definition) is 5. The third-order valence-corrected chi connectivity index (χ3v) is 5.91. The van der Waals surface area contributed by atoms with E-state index in [-0.39, 0.29) is 11.8 Å². The Morgan fingerprint density at radius 2 is 1.71 bits per heavy atom. The van der Waals surface area contributed by atoms with Crippen molar-refractivity contribution in [1.29, 1.82) is 5.26 Å². The third-order valence-electron chi connectivity index (χ3n) is 5.69. The Balaban J connectivity index is 1.46. The SMILES string of the molecule is CC(CNC(C(=O)Nc1ccc(-c2cnn(S)c2)cc1)c1ccccc1)c1ccc(C#N)cc1. The van der Waals surface area contributed by atoms with Crippen molar-refractivity contribution in [3.05, 3.63) is 108 Å². The number of carbonyl (C=O) groups is 1. The lowest BCUT2D eigenvalue weighted by Gasteiger charge is -2.22. The van der Waals surface area contributed by atoms with Crippen molar-refractivity contribution in [2.45, 2.75) is 18.9 Å². The molecule has 0 fully saturated rings. The fourth-order valence-electron chi connectivity index (χ4n) is 3.73. The lowest BCUT2D eigenvalue weighted by Crippen LogP contribution is -2.35. The first kappa shape index (κ1) is 23.3. The molecular weight excluding hydrogens is 442 g/mol. The zero-order valence-electron chi connectivity index (χ0n) is 18.7. The van der Waals surface area contributed by atoms with Crippen molar-refractivity contribution in [1.82, 2.24) is 14.5 Å².